The molecule has 1 amide bonds. The van der Waals surface area contributed by atoms with E-state index < -0.39 is 22.1 Å². The Kier molecular flexibility index (Phi) is 6.44. The summed E-state index contributed by atoms with van der Waals surface area (Å²) in [6, 6.07) is 5.94. The third-order valence-electron chi connectivity index (χ3n) is 4.77. The van der Waals surface area contributed by atoms with Crippen molar-refractivity contribution in [3.63, 3.8) is 0 Å². The standard InChI is InChI=1S/C19H21F3N2O4S2/c1-3-16-13(2)12-17(29-16)18(25)23-8-10-24(11-9-23)30(26,27)15-6-4-14(5-7-15)28-19(20,21)22/h4-7,12H,3,8-11H2,1-2H3. The van der Waals surface area contributed by atoms with Crippen LogP contribution in [0.2, 0.25) is 0 Å². The Bertz CT molecular complexity index is 1010. The second-order valence-electron chi connectivity index (χ2n) is 6.79. The van der Waals surface area contributed by atoms with Crippen LogP contribution in [0.15, 0.2) is 35.2 Å². The molecule has 0 radical (unpaired) electrons. The lowest BCUT2D eigenvalue weighted by Crippen LogP contribution is -2.50. The predicted molar refractivity (Wildman–Crippen MR) is 106 cm³/mol. The smallest absolute Gasteiger partial charge is 0.406 e. The molecular weight excluding hydrogens is 441 g/mol. The third-order valence-corrected chi connectivity index (χ3v) is 8.06. The summed E-state index contributed by atoms with van der Waals surface area (Å²) in [5.41, 5.74) is 1.07. The van der Waals surface area contributed by atoms with Crippen LogP contribution in [0.3, 0.4) is 0 Å². The van der Waals surface area contributed by atoms with Crippen LogP contribution in [0, 0.1) is 6.92 Å². The van der Waals surface area contributed by atoms with Gasteiger partial charge in [0, 0.05) is 31.1 Å². The molecule has 1 aromatic carbocycles. The first-order valence-corrected chi connectivity index (χ1v) is 11.5. The van der Waals surface area contributed by atoms with E-state index in [0.29, 0.717) is 4.88 Å². The molecule has 0 N–H and O–H groups in total. The number of rotatable bonds is 5. The van der Waals surface area contributed by atoms with E-state index in [1.54, 1.807) is 4.90 Å². The zero-order valence-electron chi connectivity index (χ0n) is 16.4. The van der Waals surface area contributed by atoms with E-state index in [-0.39, 0.29) is 37.0 Å². The minimum absolute atomic E-state index is 0.111. The van der Waals surface area contributed by atoms with E-state index in [1.807, 2.05) is 19.9 Å². The Morgan fingerprint density at radius 1 is 1.13 bits per heavy atom. The molecule has 6 nitrogen and oxygen atoms in total. The fraction of sp³-hybridized carbons (Fsp3) is 0.421. The second kappa shape index (κ2) is 8.56. The minimum Gasteiger partial charge on any atom is -0.406 e. The maximum atomic E-state index is 12.8. The SMILES string of the molecule is CCc1sc(C(=O)N2CCN(S(=O)(=O)c3ccc(OC(F)(F)F)cc3)CC2)cc1C. The zero-order valence-corrected chi connectivity index (χ0v) is 18.0. The molecule has 1 aliphatic heterocycles. The Morgan fingerprint density at radius 3 is 2.23 bits per heavy atom. The van der Waals surface area contributed by atoms with Crippen LogP contribution < -0.4 is 4.74 Å². The molecule has 1 fully saturated rings. The van der Waals surface area contributed by atoms with Crippen LogP contribution in [0.1, 0.15) is 27.0 Å². The van der Waals surface area contributed by atoms with Gasteiger partial charge in [-0.1, -0.05) is 6.92 Å². The summed E-state index contributed by atoms with van der Waals surface area (Å²) < 4.78 is 67.3. The summed E-state index contributed by atoms with van der Waals surface area (Å²) in [4.78, 5) is 16.0. The summed E-state index contributed by atoms with van der Waals surface area (Å²) in [7, 11) is -3.88. The van der Waals surface area contributed by atoms with Gasteiger partial charge in [-0.2, -0.15) is 4.31 Å². The summed E-state index contributed by atoms with van der Waals surface area (Å²) in [6.45, 7) is 4.69. The van der Waals surface area contributed by atoms with Crippen LogP contribution in [0.5, 0.6) is 5.75 Å². The molecule has 0 unspecified atom stereocenters. The lowest BCUT2D eigenvalue weighted by Gasteiger charge is -2.33. The number of hydrogen-bond donors (Lipinski definition) is 0. The molecule has 1 aromatic heterocycles. The third kappa shape index (κ3) is 4.96. The molecule has 2 aromatic rings. The molecule has 0 aliphatic carbocycles. The van der Waals surface area contributed by atoms with Crippen LogP contribution in [0.25, 0.3) is 0 Å². The fourth-order valence-electron chi connectivity index (χ4n) is 3.23. The summed E-state index contributed by atoms with van der Waals surface area (Å²) in [5, 5.41) is 0. The average molecular weight is 463 g/mol. The van der Waals surface area contributed by atoms with Gasteiger partial charge >= 0.3 is 6.36 Å². The van der Waals surface area contributed by atoms with Crippen LogP contribution in [-0.2, 0) is 16.4 Å². The summed E-state index contributed by atoms with van der Waals surface area (Å²) >= 11 is 1.45. The average Bonchev–Trinajstić information content (AvgIpc) is 3.07. The number of aryl methyl sites for hydroxylation is 2. The molecule has 0 bridgehead atoms. The Labute approximate surface area is 176 Å². The van der Waals surface area contributed by atoms with Gasteiger partial charge in [0.15, 0.2) is 0 Å². The van der Waals surface area contributed by atoms with Crippen molar-refractivity contribution in [2.75, 3.05) is 26.2 Å². The summed E-state index contributed by atoms with van der Waals surface area (Å²) in [5.74, 6) is -0.608. The van der Waals surface area contributed by atoms with Crippen molar-refractivity contribution in [1.82, 2.24) is 9.21 Å². The highest BCUT2D eigenvalue weighted by molar-refractivity contribution is 7.89. The van der Waals surface area contributed by atoms with Crippen LogP contribution >= 0.6 is 11.3 Å². The number of amides is 1. The van der Waals surface area contributed by atoms with E-state index in [2.05, 4.69) is 4.74 Å². The normalized spacial score (nSPS) is 16.0. The zero-order chi connectivity index (χ0) is 22.1. The van der Waals surface area contributed by atoms with Crippen molar-refractivity contribution in [1.29, 1.82) is 0 Å². The fourth-order valence-corrected chi connectivity index (χ4v) is 5.73. The second-order valence-corrected chi connectivity index (χ2v) is 9.86. The monoisotopic (exact) mass is 462 g/mol. The van der Waals surface area contributed by atoms with Gasteiger partial charge in [0.1, 0.15) is 5.75 Å². The highest BCUT2D eigenvalue weighted by Crippen LogP contribution is 2.27. The minimum atomic E-state index is -4.84. The van der Waals surface area contributed by atoms with Gasteiger partial charge in [0.2, 0.25) is 10.0 Å². The predicted octanol–water partition coefficient (Wildman–Crippen LogP) is 3.66. The maximum absolute atomic E-state index is 12.8. The van der Waals surface area contributed by atoms with E-state index in [9.17, 15) is 26.4 Å². The molecule has 3 rings (SSSR count). The number of carbonyl (C=O) groups is 1. The number of benzene rings is 1. The van der Waals surface area contributed by atoms with E-state index in [0.717, 1.165) is 41.1 Å². The van der Waals surface area contributed by atoms with Crippen molar-refractivity contribution in [2.45, 2.75) is 31.5 Å². The first-order chi connectivity index (χ1) is 14.0. The maximum Gasteiger partial charge on any atom is 0.573 e. The molecule has 164 valence electrons. The van der Waals surface area contributed by atoms with Gasteiger partial charge in [-0.05, 0) is 49.2 Å². The van der Waals surface area contributed by atoms with Crippen LogP contribution in [0.4, 0.5) is 13.2 Å². The first-order valence-electron chi connectivity index (χ1n) is 9.26. The molecule has 30 heavy (non-hydrogen) atoms. The quantitative estimate of drug-likeness (QED) is 0.680. The van der Waals surface area contributed by atoms with Crippen molar-refractivity contribution >= 4 is 27.3 Å². The van der Waals surface area contributed by atoms with Crippen LogP contribution in [-0.4, -0.2) is 56.1 Å². The molecule has 1 saturated heterocycles. The molecule has 1 aliphatic rings. The Balaban J connectivity index is 1.65. The number of ether oxygens (including phenoxy) is 1. The Hall–Kier alpha value is -2.11. The van der Waals surface area contributed by atoms with Gasteiger partial charge in [0.05, 0.1) is 9.77 Å². The van der Waals surface area contributed by atoms with Crippen molar-refractivity contribution in [2.24, 2.45) is 0 Å². The molecular formula is C19H21F3N2O4S2. The Morgan fingerprint density at radius 2 is 1.73 bits per heavy atom. The molecule has 11 heteroatoms. The number of sulfonamides is 1. The van der Waals surface area contributed by atoms with Gasteiger partial charge < -0.3 is 9.64 Å². The van der Waals surface area contributed by atoms with Crippen molar-refractivity contribution in [3.05, 3.63) is 45.6 Å². The molecule has 0 saturated carbocycles. The lowest BCUT2D eigenvalue weighted by molar-refractivity contribution is -0.274. The van der Waals surface area contributed by atoms with Crippen molar-refractivity contribution in [3.8, 4) is 5.75 Å². The van der Waals surface area contributed by atoms with E-state index >= 15 is 0 Å². The van der Waals surface area contributed by atoms with Gasteiger partial charge in [0.25, 0.3) is 5.91 Å². The molecule has 0 spiro atoms. The number of thiophene rings is 1. The largest absolute Gasteiger partial charge is 0.573 e. The number of halogens is 3. The van der Waals surface area contributed by atoms with E-state index in [1.165, 1.54) is 15.6 Å². The number of carbonyl (C=O) groups excluding carboxylic acids is 1. The van der Waals surface area contributed by atoms with E-state index in [4.69, 9.17) is 0 Å². The number of nitrogens with zero attached hydrogens (tertiary/aromatic N) is 2. The highest BCUT2D eigenvalue weighted by atomic mass is 32.2. The molecule has 0 atom stereocenters. The van der Waals surface area contributed by atoms with Gasteiger partial charge in [-0.3, -0.25) is 4.79 Å². The van der Waals surface area contributed by atoms with Crippen molar-refractivity contribution < 1.29 is 31.1 Å². The number of hydrogen-bond acceptors (Lipinski definition) is 5. The van der Waals surface area contributed by atoms with Gasteiger partial charge in [-0.15, -0.1) is 24.5 Å². The first kappa shape index (κ1) is 22.6. The summed E-state index contributed by atoms with van der Waals surface area (Å²) in [6.07, 6.45) is -4.00. The number of piperazine rings is 1. The van der Waals surface area contributed by atoms with Gasteiger partial charge in [-0.25, -0.2) is 8.42 Å². The highest BCUT2D eigenvalue weighted by Gasteiger charge is 2.33. The molecule has 2 heterocycles. The number of alkyl halides is 3. The lowest BCUT2D eigenvalue weighted by atomic mass is 10.2. The topological polar surface area (TPSA) is 66.9 Å².